The number of fused-ring (bicyclic) bond motifs is 1. The Kier molecular flexibility index (Phi) is 4.93. The Hall–Kier alpha value is -3.78. The first-order valence-corrected chi connectivity index (χ1v) is 9.30. The standard InChI is InChI=1S/C21H15ClN4O4/c1-26-18(16(22)9-23-26)21(30)24-13-4-2-3-11(7-13)19(28)12-5-6-14-15(10-27)20(29)25-17(14)8-12/h2-10,15H,1H3,(H,24,30)(H,25,29). The fourth-order valence-electron chi connectivity index (χ4n) is 3.33. The number of rotatable bonds is 5. The number of aryl methyl sites for hydroxylation is 1. The molecule has 0 bridgehead atoms. The number of hydrogen-bond acceptors (Lipinski definition) is 5. The van der Waals surface area contributed by atoms with E-state index in [1.54, 1.807) is 49.5 Å². The third-order valence-electron chi connectivity index (χ3n) is 4.82. The molecule has 1 aromatic heterocycles. The molecular formula is C21H15ClN4O4. The van der Waals surface area contributed by atoms with E-state index >= 15 is 0 Å². The summed E-state index contributed by atoms with van der Waals surface area (Å²) in [7, 11) is 1.60. The van der Waals surface area contributed by atoms with E-state index in [-0.39, 0.29) is 16.5 Å². The number of anilines is 2. The van der Waals surface area contributed by atoms with Crippen LogP contribution in [0.3, 0.4) is 0 Å². The van der Waals surface area contributed by atoms with Crippen LogP contribution in [-0.2, 0) is 16.6 Å². The van der Waals surface area contributed by atoms with Crippen LogP contribution in [0.2, 0.25) is 5.02 Å². The smallest absolute Gasteiger partial charge is 0.275 e. The van der Waals surface area contributed by atoms with Crippen molar-refractivity contribution in [2.45, 2.75) is 5.92 Å². The molecule has 30 heavy (non-hydrogen) atoms. The van der Waals surface area contributed by atoms with Gasteiger partial charge in [0.1, 0.15) is 17.9 Å². The Morgan fingerprint density at radius 1 is 1.20 bits per heavy atom. The summed E-state index contributed by atoms with van der Waals surface area (Å²) in [6.45, 7) is 0. The minimum Gasteiger partial charge on any atom is -0.325 e. The van der Waals surface area contributed by atoms with Crippen molar-refractivity contribution in [2.24, 2.45) is 7.05 Å². The number of aldehydes is 1. The second kappa shape index (κ2) is 7.57. The lowest BCUT2D eigenvalue weighted by Gasteiger charge is -2.09. The Labute approximate surface area is 175 Å². The number of halogens is 1. The number of carbonyl (C=O) groups is 4. The molecule has 0 radical (unpaired) electrons. The Balaban J connectivity index is 1.58. The zero-order valence-electron chi connectivity index (χ0n) is 15.7. The quantitative estimate of drug-likeness (QED) is 0.373. The van der Waals surface area contributed by atoms with Crippen LogP contribution in [0.15, 0.2) is 48.7 Å². The summed E-state index contributed by atoms with van der Waals surface area (Å²) in [5.74, 6) is -2.02. The number of amides is 2. The molecule has 150 valence electrons. The summed E-state index contributed by atoms with van der Waals surface area (Å²) in [4.78, 5) is 48.3. The van der Waals surface area contributed by atoms with Gasteiger partial charge in [0.25, 0.3) is 5.91 Å². The molecule has 3 aromatic rings. The molecule has 9 heteroatoms. The summed E-state index contributed by atoms with van der Waals surface area (Å²) >= 11 is 6.00. The number of carbonyl (C=O) groups excluding carboxylic acids is 4. The highest BCUT2D eigenvalue weighted by Crippen LogP contribution is 2.32. The van der Waals surface area contributed by atoms with Crippen LogP contribution in [0.25, 0.3) is 0 Å². The van der Waals surface area contributed by atoms with E-state index in [9.17, 15) is 19.2 Å². The van der Waals surface area contributed by atoms with Gasteiger partial charge >= 0.3 is 0 Å². The lowest BCUT2D eigenvalue weighted by atomic mass is 9.97. The number of ketones is 1. The van der Waals surface area contributed by atoms with Crippen molar-refractivity contribution in [2.75, 3.05) is 10.6 Å². The van der Waals surface area contributed by atoms with E-state index in [2.05, 4.69) is 15.7 Å². The second-order valence-electron chi connectivity index (χ2n) is 6.73. The molecule has 0 saturated carbocycles. The third kappa shape index (κ3) is 3.37. The topological polar surface area (TPSA) is 110 Å². The van der Waals surface area contributed by atoms with Crippen molar-refractivity contribution in [3.05, 3.63) is 76.1 Å². The third-order valence-corrected chi connectivity index (χ3v) is 5.10. The summed E-state index contributed by atoms with van der Waals surface area (Å²) < 4.78 is 1.36. The first-order valence-electron chi connectivity index (χ1n) is 8.92. The molecule has 1 unspecified atom stereocenters. The molecule has 1 aliphatic heterocycles. The van der Waals surface area contributed by atoms with Crippen molar-refractivity contribution < 1.29 is 19.2 Å². The van der Waals surface area contributed by atoms with Crippen LogP contribution < -0.4 is 10.6 Å². The summed E-state index contributed by atoms with van der Waals surface area (Å²) in [5.41, 5.74) is 2.30. The Morgan fingerprint density at radius 2 is 1.97 bits per heavy atom. The van der Waals surface area contributed by atoms with E-state index in [1.165, 1.54) is 10.9 Å². The number of aromatic nitrogens is 2. The Bertz CT molecular complexity index is 1200. The van der Waals surface area contributed by atoms with E-state index in [1.807, 2.05) is 0 Å². The van der Waals surface area contributed by atoms with Crippen molar-refractivity contribution in [3.63, 3.8) is 0 Å². The number of hydrogen-bond donors (Lipinski definition) is 2. The molecule has 2 aromatic carbocycles. The molecule has 1 atom stereocenters. The SMILES string of the molecule is Cn1ncc(Cl)c1C(=O)Nc1cccc(C(=O)c2ccc3c(c2)NC(=O)C3C=O)c1. The molecule has 0 saturated heterocycles. The van der Waals surface area contributed by atoms with Crippen LogP contribution >= 0.6 is 11.6 Å². The van der Waals surface area contributed by atoms with Gasteiger partial charge in [0, 0.05) is 29.5 Å². The number of benzene rings is 2. The van der Waals surface area contributed by atoms with E-state index in [0.717, 1.165) is 0 Å². The minimum absolute atomic E-state index is 0.201. The predicted molar refractivity (Wildman–Crippen MR) is 110 cm³/mol. The fraction of sp³-hybridized carbons (Fsp3) is 0.0952. The fourth-order valence-corrected chi connectivity index (χ4v) is 3.58. The molecule has 0 fully saturated rings. The van der Waals surface area contributed by atoms with Crippen molar-refractivity contribution in [1.29, 1.82) is 0 Å². The maximum absolute atomic E-state index is 12.9. The maximum atomic E-state index is 12.9. The van der Waals surface area contributed by atoms with Crippen molar-refractivity contribution >= 4 is 46.9 Å². The average Bonchev–Trinajstić information content (AvgIpc) is 3.24. The maximum Gasteiger partial charge on any atom is 0.275 e. The van der Waals surface area contributed by atoms with Gasteiger partial charge in [-0.25, -0.2) is 0 Å². The van der Waals surface area contributed by atoms with Gasteiger partial charge in [-0.3, -0.25) is 19.1 Å². The lowest BCUT2D eigenvalue weighted by Crippen LogP contribution is -2.17. The zero-order valence-corrected chi connectivity index (χ0v) is 16.4. The van der Waals surface area contributed by atoms with Crippen molar-refractivity contribution in [1.82, 2.24) is 9.78 Å². The van der Waals surface area contributed by atoms with Crippen LogP contribution in [0, 0.1) is 0 Å². The van der Waals surface area contributed by atoms with Crippen molar-refractivity contribution in [3.8, 4) is 0 Å². The van der Waals surface area contributed by atoms with Gasteiger partial charge in [-0.1, -0.05) is 35.9 Å². The van der Waals surface area contributed by atoms with Gasteiger partial charge in [0.2, 0.25) is 5.91 Å². The predicted octanol–water partition coefficient (Wildman–Crippen LogP) is 2.79. The zero-order chi connectivity index (χ0) is 21.4. The normalized spacial score (nSPS) is 14.7. The van der Waals surface area contributed by atoms with E-state index in [4.69, 9.17) is 11.6 Å². The molecule has 4 rings (SSSR count). The Morgan fingerprint density at radius 3 is 2.67 bits per heavy atom. The molecule has 2 heterocycles. The molecular weight excluding hydrogens is 408 g/mol. The largest absolute Gasteiger partial charge is 0.325 e. The van der Waals surface area contributed by atoms with Gasteiger partial charge in [0.15, 0.2) is 5.78 Å². The van der Waals surface area contributed by atoms with Crippen LogP contribution in [0.4, 0.5) is 11.4 Å². The van der Waals surface area contributed by atoms with Gasteiger partial charge in [-0.2, -0.15) is 5.10 Å². The molecule has 2 amide bonds. The van der Waals surface area contributed by atoms with Crippen LogP contribution in [-0.4, -0.2) is 33.7 Å². The highest BCUT2D eigenvalue weighted by Gasteiger charge is 2.30. The average molecular weight is 423 g/mol. The van der Waals surface area contributed by atoms with Crippen LogP contribution in [0.5, 0.6) is 0 Å². The minimum atomic E-state index is -0.860. The highest BCUT2D eigenvalue weighted by atomic mass is 35.5. The van der Waals surface area contributed by atoms with E-state index in [0.29, 0.717) is 34.4 Å². The van der Waals surface area contributed by atoms with Gasteiger partial charge in [-0.15, -0.1) is 0 Å². The van der Waals surface area contributed by atoms with Crippen LogP contribution in [0.1, 0.15) is 37.9 Å². The first-order chi connectivity index (χ1) is 14.4. The monoisotopic (exact) mass is 422 g/mol. The van der Waals surface area contributed by atoms with Gasteiger partial charge in [0.05, 0.1) is 11.2 Å². The molecule has 0 spiro atoms. The molecule has 1 aliphatic rings. The number of nitrogens with one attached hydrogen (secondary N) is 2. The highest BCUT2D eigenvalue weighted by molar-refractivity contribution is 6.34. The molecule has 0 aliphatic carbocycles. The molecule has 2 N–H and O–H groups in total. The summed E-state index contributed by atoms with van der Waals surface area (Å²) in [6, 6.07) is 11.2. The first kappa shape index (κ1) is 19.5. The number of nitrogens with zero attached hydrogens (tertiary/aromatic N) is 2. The lowest BCUT2D eigenvalue weighted by molar-refractivity contribution is -0.121. The van der Waals surface area contributed by atoms with Gasteiger partial charge in [-0.05, 0) is 23.8 Å². The summed E-state index contributed by atoms with van der Waals surface area (Å²) in [5, 5.41) is 9.46. The van der Waals surface area contributed by atoms with Gasteiger partial charge < -0.3 is 15.4 Å². The second-order valence-corrected chi connectivity index (χ2v) is 7.14. The molecule has 8 nitrogen and oxygen atoms in total. The summed E-state index contributed by atoms with van der Waals surface area (Å²) in [6.07, 6.45) is 1.95. The van der Waals surface area contributed by atoms with E-state index < -0.39 is 17.7 Å².